The molecule has 0 fully saturated rings. The number of aromatic nitrogens is 2. The molecule has 25 heavy (non-hydrogen) atoms. The Morgan fingerprint density at radius 2 is 2.20 bits per heavy atom. The molecule has 3 rings (SSSR count). The molecular formula is C20H29N3O2. The largest absolute Gasteiger partial charge is 0.496 e. The lowest BCUT2D eigenvalue weighted by Crippen LogP contribution is -2.25. The van der Waals surface area contributed by atoms with Crippen molar-refractivity contribution in [3.8, 4) is 5.75 Å². The Kier molecular flexibility index (Phi) is 6.10. The van der Waals surface area contributed by atoms with Crippen molar-refractivity contribution in [2.75, 3.05) is 13.7 Å². The molecule has 1 aliphatic rings. The fraction of sp³-hybridized carbons (Fsp3) is 0.550. The molecule has 1 atom stereocenters. The highest BCUT2D eigenvalue weighted by Gasteiger charge is 2.23. The van der Waals surface area contributed by atoms with Crippen LogP contribution in [0.5, 0.6) is 5.75 Å². The molecule has 1 heterocycles. The minimum Gasteiger partial charge on any atom is -0.496 e. The predicted octanol–water partition coefficient (Wildman–Crippen LogP) is 3.62. The molecule has 0 radical (unpaired) electrons. The highest BCUT2D eigenvalue weighted by Crippen LogP contribution is 2.30. The van der Waals surface area contributed by atoms with Crippen LogP contribution in [0.3, 0.4) is 0 Å². The molecule has 2 aromatic rings. The van der Waals surface area contributed by atoms with E-state index in [0.29, 0.717) is 19.3 Å². The summed E-state index contributed by atoms with van der Waals surface area (Å²) in [5.41, 5.74) is 5.13. The van der Waals surface area contributed by atoms with Crippen LogP contribution in [0.4, 0.5) is 0 Å². The van der Waals surface area contributed by atoms with Crippen LogP contribution in [0, 0.1) is 0 Å². The lowest BCUT2D eigenvalue weighted by molar-refractivity contribution is 0.132. The van der Waals surface area contributed by atoms with Crippen LogP contribution in [0.1, 0.15) is 55.1 Å². The first-order valence-corrected chi connectivity index (χ1v) is 9.28. The van der Waals surface area contributed by atoms with Crippen molar-refractivity contribution in [1.82, 2.24) is 15.1 Å². The summed E-state index contributed by atoms with van der Waals surface area (Å²) in [6, 6.07) is 6.73. The lowest BCUT2D eigenvalue weighted by Gasteiger charge is -2.24. The van der Waals surface area contributed by atoms with Crippen LogP contribution < -0.4 is 10.1 Å². The third-order valence-electron chi connectivity index (χ3n) is 4.92. The van der Waals surface area contributed by atoms with Gasteiger partial charge in [0.2, 0.25) is 0 Å². The summed E-state index contributed by atoms with van der Waals surface area (Å²) in [7, 11) is 1.71. The number of nitrogens with one attached hydrogen (secondary N) is 1. The number of methoxy groups -OCH3 is 1. The summed E-state index contributed by atoms with van der Waals surface area (Å²) in [6.07, 6.45) is 5.57. The molecule has 0 saturated heterocycles. The van der Waals surface area contributed by atoms with Gasteiger partial charge in [-0.1, -0.05) is 6.07 Å². The molecule has 0 saturated carbocycles. The maximum atomic E-state index is 5.56. The molecule has 0 bridgehead atoms. The Morgan fingerprint density at radius 1 is 1.32 bits per heavy atom. The van der Waals surface area contributed by atoms with Crippen molar-refractivity contribution < 1.29 is 9.47 Å². The number of aryl methyl sites for hydroxylation is 1. The van der Waals surface area contributed by atoms with Gasteiger partial charge in [0.1, 0.15) is 5.75 Å². The summed E-state index contributed by atoms with van der Waals surface area (Å²) in [5, 5.41) is 8.25. The van der Waals surface area contributed by atoms with E-state index < -0.39 is 0 Å². The zero-order chi connectivity index (χ0) is 17.6. The summed E-state index contributed by atoms with van der Waals surface area (Å²) >= 11 is 0. The second-order valence-corrected chi connectivity index (χ2v) is 6.47. The molecular weight excluding hydrogens is 314 g/mol. The summed E-state index contributed by atoms with van der Waals surface area (Å²) in [4.78, 5) is 0. The second kappa shape index (κ2) is 8.50. The molecule has 0 aliphatic heterocycles. The van der Waals surface area contributed by atoms with E-state index in [9.17, 15) is 0 Å². The Morgan fingerprint density at radius 3 is 2.96 bits per heavy atom. The topological polar surface area (TPSA) is 48.3 Å². The molecule has 1 aromatic heterocycles. The van der Waals surface area contributed by atoms with E-state index in [1.165, 1.54) is 29.7 Å². The Balaban J connectivity index is 1.69. The summed E-state index contributed by atoms with van der Waals surface area (Å²) in [6.45, 7) is 7.24. The van der Waals surface area contributed by atoms with Crippen molar-refractivity contribution in [3.05, 3.63) is 46.8 Å². The molecule has 5 nitrogen and oxygen atoms in total. The van der Waals surface area contributed by atoms with Gasteiger partial charge in [-0.3, -0.25) is 4.68 Å². The van der Waals surface area contributed by atoms with Crippen molar-refractivity contribution in [2.45, 2.75) is 58.8 Å². The normalized spacial score (nSPS) is 16.7. The summed E-state index contributed by atoms with van der Waals surface area (Å²) in [5.74, 6) is 0.890. The van der Waals surface area contributed by atoms with Crippen LogP contribution >= 0.6 is 0 Å². The van der Waals surface area contributed by atoms with Gasteiger partial charge in [0.15, 0.2) is 0 Å². The molecule has 1 aliphatic carbocycles. The summed E-state index contributed by atoms with van der Waals surface area (Å²) < 4.78 is 13.1. The van der Waals surface area contributed by atoms with Gasteiger partial charge in [-0.2, -0.15) is 5.10 Å². The molecule has 5 heteroatoms. The highest BCUT2D eigenvalue weighted by molar-refractivity contribution is 5.37. The van der Waals surface area contributed by atoms with Crippen molar-refractivity contribution in [3.63, 3.8) is 0 Å². The molecule has 136 valence electrons. The highest BCUT2D eigenvalue weighted by atomic mass is 16.5. The van der Waals surface area contributed by atoms with Crippen LogP contribution in [0.15, 0.2) is 24.4 Å². The minimum absolute atomic E-state index is 0.390. The first kappa shape index (κ1) is 18.0. The standard InChI is InChI=1S/C20H29N3O2/c1-4-23-19-8-6-7-18(17(19)13-22-23)21-12-15-9-10-20(24-3)16(11-15)14-25-5-2/h9-11,13,18,21H,4-8,12,14H2,1-3H3/t18-/m0/s1. The quantitative estimate of drug-likeness (QED) is 0.795. The zero-order valence-electron chi connectivity index (χ0n) is 15.5. The maximum Gasteiger partial charge on any atom is 0.124 e. The third kappa shape index (κ3) is 4.05. The predicted molar refractivity (Wildman–Crippen MR) is 98.7 cm³/mol. The molecule has 0 amide bonds. The van der Waals surface area contributed by atoms with Gasteiger partial charge in [0, 0.05) is 42.6 Å². The van der Waals surface area contributed by atoms with Crippen LogP contribution in [-0.4, -0.2) is 23.5 Å². The van der Waals surface area contributed by atoms with Gasteiger partial charge < -0.3 is 14.8 Å². The number of hydrogen-bond donors (Lipinski definition) is 1. The van der Waals surface area contributed by atoms with Crippen molar-refractivity contribution in [1.29, 1.82) is 0 Å². The molecule has 0 spiro atoms. The van der Waals surface area contributed by atoms with E-state index >= 15 is 0 Å². The Labute approximate surface area is 150 Å². The van der Waals surface area contributed by atoms with Gasteiger partial charge in [-0.05, 0) is 50.8 Å². The molecule has 0 unspecified atom stereocenters. The fourth-order valence-corrected chi connectivity index (χ4v) is 3.61. The first-order chi connectivity index (χ1) is 12.3. The van der Waals surface area contributed by atoms with Crippen LogP contribution in [-0.2, 0) is 30.9 Å². The van der Waals surface area contributed by atoms with E-state index in [4.69, 9.17) is 9.47 Å². The number of nitrogens with zero attached hydrogens (tertiary/aromatic N) is 2. The minimum atomic E-state index is 0.390. The molecule has 1 aromatic carbocycles. The fourth-order valence-electron chi connectivity index (χ4n) is 3.61. The zero-order valence-corrected chi connectivity index (χ0v) is 15.5. The molecule has 1 N–H and O–H groups in total. The van der Waals surface area contributed by atoms with E-state index in [-0.39, 0.29) is 0 Å². The van der Waals surface area contributed by atoms with Crippen molar-refractivity contribution in [2.24, 2.45) is 0 Å². The van der Waals surface area contributed by atoms with Gasteiger partial charge in [-0.25, -0.2) is 0 Å². The van der Waals surface area contributed by atoms with E-state index in [1.54, 1.807) is 7.11 Å². The van der Waals surface area contributed by atoms with E-state index in [2.05, 4.69) is 34.2 Å². The van der Waals surface area contributed by atoms with Gasteiger partial charge in [0.25, 0.3) is 0 Å². The lowest BCUT2D eigenvalue weighted by atomic mass is 9.92. The monoisotopic (exact) mass is 343 g/mol. The van der Waals surface area contributed by atoms with E-state index in [0.717, 1.165) is 30.8 Å². The third-order valence-corrected chi connectivity index (χ3v) is 4.92. The van der Waals surface area contributed by atoms with Gasteiger partial charge in [0.05, 0.1) is 19.9 Å². The number of hydrogen-bond acceptors (Lipinski definition) is 4. The number of rotatable bonds is 8. The SMILES string of the molecule is CCOCc1cc(CN[C@H]2CCCc3c2cnn3CC)ccc1OC. The maximum absolute atomic E-state index is 5.56. The van der Waals surface area contributed by atoms with Crippen molar-refractivity contribution >= 4 is 0 Å². The van der Waals surface area contributed by atoms with Crippen LogP contribution in [0.2, 0.25) is 0 Å². The number of fused-ring (bicyclic) bond motifs is 1. The van der Waals surface area contributed by atoms with Crippen LogP contribution in [0.25, 0.3) is 0 Å². The van der Waals surface area contributed by atoms with E-state index in [1.807, 2.05) is 19.2 Å². The second-order valence-electron chi connectivity index (χ2n) is 6.47. The number of ether oxygens (including phenoxy) is 2. The Bertz CT molecular complexity index is 696. The average Bonchev–Trinajstić information content (AvgIpc) is 3.08. The average molecular weight is 343 g/mol. The Hall–Kier alpha value is -1.85. The van der Waals surface area contributed by atoms with Gasteiger partial charge >= 0.3 is 0 Å². The number of benzene rings is 1. The smallest absolute Gasteiger partial charge is 0.124 e. The van der Waals surface area contributed by atoms with Gasteiger partial charge in [-0.15, -0.1) is 0 Å². The first-order valence-electron chi connectivity index (χ1n) is 9.28.